The maximum Gasteiger partial charge on any atom is 0.456 e. The monoisotopic (exact) mass is 128 g/mol. The van der Waals surface area contributed by atoms with Crippen LogP contribution in [0.15, 0.2) is 0 Å². The smallest absolute Gasteiger partial charge is 0.411 e. The van der Waals surface area contributed by atoms with E-state index in [0.29, 0.717) is 0 Å². The van der Waals surface area contributed by atoms with Crippen molar-refractivity contribution in [3.63, 3.8) is 0 Å². The zero-order valence-corrected chi connectivity index (χ0v) is 5.93. The van der Waals surface area contributed by atoms with Crippen LogP contribution >= 0.6 is 0 Å². The molecule has 0 atom stereocenters. The molecule has 2 nitrogen and oxygen atoms in total. The zero-order valence-electron chi connectivity index (χ0n) is 5.93. The molecule has 1 saturated heterocycles. The third-order valence-corrected chi connectivity index (χ3v) is 1.42. The Balaban J connectivity index is 2.08. The average Bonchev–Trinajstić information content (AvgIpc) is 1.91. The Morgan fingerprint density at radius 2 is 2.00 bits per heavy atom. The van der Waals surface area contributed by atoms with Crippen molar-refractivity contribution in [1.29, 1.82) is 0 Å². The molecule has 1 aliphatic rings. The molecule has 0 aliphatic carbocycles. The summed E-state index contributed by atoms with van der Waals surface area (Å²) in [6, 6.07) is 0. The van der Waals surface area contributed by atoms with E-state index in [2.05, 4.69) is 6.92 Å². The topological polar surface area (TPSA) is 18.5 Å². The van der Waals surface area contributed by atoms with Crippen LogP contribution < -0.4 is 0 Å². The first-order chi connectivity index (χ1) is 4.43. The number of hydrogen-bond acceptors (Lipinski definition) is 2. The lowest BCUT2D eigenvalue weighted by atomic mass is 9.82. The fraction of sp³-hybridized carbons (Fsp3) is 1.00. The molecule has 0 bridgehead atoms. The first-order valence-corrected chi connectivity index (χ1v) is 3.66. The molecule has 0 N–H and O–H groups in total. The van der Waals surface area contributed by atoms with Crippen molar-refractivity contribution in [2.45, 2.75) is 26.1 Å². The third-order valence-electron chi connectivity index (χ3n) is 1.42. The predicted octanol–water partition coefficient (Wildman–Crippen LogP) is 1.32. The van der Waals surface area contributed by atoms with E-state index in [1.165, 1.54) is 0 Å². The summed E-state index contributed by atoms with van der Waals surface area (Å²) in [7, 11) is 0.101. The third kappa shape index (κ3) is 2.37. The van der Waals surface area contributed by atoms with Gasteiger partial charge in [0.05, 0.1) is 0 Å². The van der Waals surface area contributed by atoms with Crippen molar-refractivity contribution in [2.24, 2.45) is 0 Å². The van der Waals surface area contributed by atoms with Crippen LogP contribution in [0.5, 0.6) is 0 Å². The highest BCUT2D eigenvalue weighted by Gasteiger charge is 2.19. The average molecular weight is 128 g/mol. The SMILES string of the molecule is CCCB1OCCCO1. The molecule has 1 fully saturated rings. The van der Waals surface area contributed by atoms with Crippen molar-refractivity contribution in [1.82, 2.24) is 0 Å². The van der Waals surface area contributed by atoms with Gasteiger partial charge in [0.25, 0.3) is 0 Å². The summed E-state index contributed by atoms with van der Waals surface area (Å²) in [5, 5.41) is 0. The molecule has 0 aromatic rings. The molecule has 9 heavy (non-hydrogen) atoms. The molecule has 0 radical (unpaired) electrons. The van der Waals surface area contributed by atoms with Crippen LogP contribution in [0.25, 0.3) is 0 Å². The van der Waals surface area contributed by atoms with Gasteiger partial charge < -0.3 is 9.31 Å². The van der Waals surface area contributed by atoms with Gasteiger partial charge in [-0.3, -0.25) is 0 Å². The minimum absolute atomic E-state index is 0.101. The quantitative estimate of drug-likeness (QED) is 0.522. The molecular formula is C6H13BO2. The van der Waals surface area contributed by atoms with Crippen LogP contribution in [0.2, 0.25) is 6.32 Å². The van der Waals surface area contributed by atoms with Gasteiger partial charge in [0.2, 0.25) is 0 Å². The minimum atomic E-state index is 0.101. The summed E-state index contributed by atoms with van der Waals surface area (Å²) >= 11 is 0. The van der Waals surface area contributed by atoms with Crippen LogP contribution in [0, 0.1) is 0 Å². The molecular weight excluding hydrogens is 115 g/mol. The summed E-state index contributed by atoms with van der Waals surface area (Å²) in [5.41, 5.74) is 0. The van der Waals surface area contributed by atoms with Gasteiger partial charge in [-0.25, -0.2) is 0 Å². The van der Waals surface area contributed by atoms with Gasteiger partial charge in [-0.1, -0.05) is 13.3 Å². The summed E-state index contributed by atoms with van der Waals surface area (Å²) in [6.07, 6.45) is 3.24. The highest BCUT2D eigenvalue weighted by Crippen LogP contribution is 2.06. The highest BCUT2D eigenvalue weighted by molar-refractivity contribution is 6.44. The summed E-state index contributed by atoms with van der Waals surface area (Å²) in [4.78, 5) is 0. The van der Waals surface area contributed by atoms with Crippen molar-refractivity contribution < 1.29 is 9.31 Å². The summed E-state index contributed by atoms with van der Waals surface area (Å²) in [5.74, 6) is 0. The Labute approximate surface area is 56.7 Å². The van der Waals surface area contributed by atoms with Gasteiger partial charge in [0.1, 0.15) is 0 Å². The van der Waals surface area contributed by atoms with E-state index in [1.54, 1.807) is 0 Å². The fourth-order valence-electron chi connectivity index (χ4n) is 0.939. The maximum atomic E-state index is 5.30. The normalized spacial score (nSPS) is 20.3. The van der Waals surface area contributed by atoms with E-state index in [1.807, 2.05) is 0 Å². The second-order valence-corrected chi connectivity index (χ2v) is 2.31. The Morgan fingerprint density at radius 3 is 2.56 bits per heavy atom. The molecule has 3 heteroatoms. The first kappa shape index (κ1) is 7.10. The largest absolute Gasteiger partial charge is 0.456 e. The van der Waals surface area contributed by atoms with E-state index in [4.69, 9.17) is 9.31 Å². The van der Waals surface area contributed by atoms with Crippen LogP contribution in [0.4, 0.5) is 0 Å². The van der Waals surface area contributed by atoms with Gasteiger partial charge in [-0.2, -0.15) is 0 Å². The molecule has 0 unspecified atom stereocenters. The Kier molecular flexibility index (Phi) is 3.08. The molecule has 0 amide bonds. The molecule has 52 valence electrons. The lowest BCUT2D eigenvalue weighted by Crippen LogP contribution is -2.28. The second kappa shape index (κ2) is 3.91. The van der Waals surface area contributed by atoms with E-state index in [9.17, 15) is 0 Å². The predicted molar refractivity (Wildman–Crippen MR) is 37.4 cm³/mol. The molecule has 0 saturated carbocycles. The molecule has 1 rings (SSSR count). The Morgan fingerprint density at radius 1 is 1.33 bits per heavy atom. The van der Waals surface area contributed by atoms with Crippen molar-refractivity contribution in [3.8, 4) is 0 Å². The van der Waals surface area contributed by atoms with E-state index < -0.39 is 0 Å². The van der Waals surface area contributed by atoms with Gasteiger partial charge in [0.15, 0.2) is 0 Å². The highest BCUT2D eigenvalue weighted by atomic mass is 16.6. The van der Waals surface area contributed by atoms with Crippen LogP contribution in [0.3, 0.4) is 0 Å². The van der Waals surface area contributed by atoms with Crippen molar-refractivity contribution in [2.75, 3.05) is 13.2 Å². The molecule has 1 heterocycles. The van der Waals surface area contributed by atoms with Crippen molar-refractivity contribution >= 4 is 7.12 Å². The number of hydrogen-bond donors (Lipinski definition) is 0. The van der Waals surface area contributed by atoms with Crippen LogP contribution in [-0.4, -0.2) is 20.3 Å². The molecule has 0 spiro atoms. The summed E-state index contributed by atoms with van der Waals surface area (Å²) in [6.45, 7) is 3.90. The molecule has 0 aromatic carbocycles. The zero-order chi connectivity index (χ0) is 6.53. The lowest BCUT2D eigenvalue weighted by Gasteiger charge is -2.18. The fourth-order valence-corrected chi connectivity index (χ4v) is 0.939. The first-order valence-electron chi connectivity index (χ1n) is 3.66. The van der Waals surface area contributed by atoms with Gasteiger partial charge in [-0.15, -0.1) is 0 Å². The van der Waals surface area contributed by atoms with E-state index in [-0.39, 0.29) is 7.12 Å². The van der Waals surface area contributed by atoms with Gasteiger partial charge >= 0.3 is 7.12 Å². The Bertz CT molecular complexity index is 68.7. The van der Waals surface area contributed by atoms with Crippen LogP contribution in [0.1, 0.15) is 19.8 Å². The second-order valence-electron chi connectivity index (χ2n) is 2.31. The van der Waals surface area contributed by atoms with E-state index in [0.717, 1.165) is 32.4 Å². The van der Waals surface area contributed by atoms with Gasteiger partial charge in [-0.05, 0) is 12.7 Å². The molecule has 0 aromatic heterocycles. The maximum absolute atomic E-state index is 5.30. The number of rotatable bonds is 2. The molecule has 1 aliphatic heterocycles. The van der Waals surface area contributed by atoms with Crippen molar-refractivity contribution in [3.05, 3.63) is 0 Å². The minimum Gasteiger partial charge on any atom is -0.411 e. The lowest BCUT2D eigenvalue weighted by molar-refractivity contribution is 0.134. The van der Waals surface area contributed by atoms with Crippen LogP contribution in [-0.2, 0) is 9.31 Å². The standard InChI is InChI=1S/C6H13BO2/c1-2-4-7-8-5-3-6-9-7/h2-6H2,1H3. The van der Waals surface area contributed by atoms with Gasteiger partial charge in [0, 0.05) is 13.2 Å². The van der Waals surface area contributed by atoms with E-state index >= 15 is 0 Å². The summed E-state index contributed by atoms with van der Waals surface area (Å²) < 4.78 is 10.6. The Hall–Kier alpha value is -0.0151.